The first kappa shape index (κ1) is 24.4. The molecule has 172 valence electrons. The molecule has 3 rings (SSSR count). The van der Waals surface area contributed by atoms with E-state index in [1.807, 2.05) is 17.0 Å². The molecule has 1 saturated heterocycles. The minimum atomic E-state index is -4.53. The predicted octanol–water partition coefficient (Wildman–Crippen LogP) is 7.30. The van der Waals surface area contributed by atoms with Crippen LogP contribution in [-0.2, 0) is 6.18 Å². The van der Waals surface area contributed by atoms with Gasteiger partial charge in [0.1, 0.15) is 5.75 Å². The molecule has 0 unspecified atom stereocenters. The molecule has 1 aliphatic rings. The second-order valence-electron chi connectivity index (χ2n) is 8.12. The quantitative estimate of drug-likeness (QED) is 0.263. The number of nitrogens with zero attached hydrogens (tertiary/aromatic N) is 2. The number of hydrogen-bond acceptors (Lipinski definition) is 3. The van der Waals surface area contributed by atoms with Crippen molar-refractivity contribution < 1.29 is 17.9 Å². The molecule has 1 heterocycles. The van der Waals surface area contributed by atoms with Gasteiger partial charge >= 0.3 is 6.18 Å². The maximum Gasteiger partial charge on any atom is 0.417 e. The lowest BCUT2D eigenvalue weighted by atomic mass is 9.89. The zero-order valence-corrected chi connectivity index (χ0v) is 19.6. The maximum atomic E-state index is 13.3. The summed E-state index contributed by atoms with van der Waals surface area (Å²) in [5, 5.41) is 10.0. The highest BCUT2D eigenvalue weighted by molar-refractivity contribution is 9.09. The number of ether oxygens (including phenoxy) is 1. The molecule has 0 radical (unpaired) electrons. The Morgan fingerprint density at radius 3 is 2.31 bits per heavy atom. The Kier molecular flexibility index (Phi) is 8.86. The number of nitriles is 1. The summed E-state index contributed by atoms with van der Waals surface area (Å²) in [5.74, 6) is 1.26. The molecular weight excluding hydrogens is 481 g/mol. The maximum absolute atomic E-state index is 13.3. The summed E-state index contributed by atoms with van der Waals surface area (Å²) in [6.07, 6.45) is 1.85. The molecule has 0 aliphatic carbocycles. The van der Waals surface area contributed by atoms with E-state index in [0.717, 1.165) is 43.0 Å². The van der Waals surface area contributed by atoms with E-state index in [4.69, 9.17) is 10.00 Å². The number of anilines is 1. The number of alkyl halides is 4. The zero-order valence-electron chi connectivity index (χ0n) is 18.0. The highest BCUT2D eigenvalue weighted by Gasteiger charge is 2.34. The zero-order chi connectivity index (χ0) is 23.0. The molecule has 0 spiro atoms. The van der Waals surface area contributed by atoms with Crippen molar-refractivity contribution in [1.82, 2.24) is 0 Å². The van der Waals surface area contributed by atoms with Gasteiger partial charge in [-0.3, -0.25) is 0 Å². The smallest absolute Gasteiger partial charge is 0.417 e. The van der Waals surface area contributed by atoms with Gasteiger partial charge < -0.3 is 9.64 Å². The molecule has 7 heteroatoms. The number of halogens is 4. The highest BCUT2D eigenvalue weighted by atomic mass is 79.9. The number of piperidine rings is 1. The van der Waals surface area contributed by atoms with Gasteiger partial charge in [0, 0.05) is 24.1 Å². The minimum Gasteiger partial charge on any atom is -0.494 e. The molecule has 32 heavy (non-hydrogen) atoms. The van der Waals surface area contributed by atoms with Crippen LogP contribution in [0.2, 0.25) is 0 Å². The van der Waals surface area contributed by atoms with Gasteiger partial charge in [-0.15, -0.1) is 0 Å². The van der Waals surface area contributed by atoms with Crippen molar-refractivity contribution >= 4 is 21.6 Å². The van der Waals surface area contributed by atoms with Crippen LogP contribution in [0.3, 0.4) is 0 Å². The van der Waals surface area contributed by atoms with Crippen LogP contribution in [-0.4, -0.2) is 25.0 Å². The van der Waals surface area contributed by atoms with Crippen LogP contribution in [0.1, 0.15) is 61.1 Å². The molecular formula is C25H28BrF3N2O. The molecule has 2 aromatic carbocycles. The number of rotatable bonds is 9. The summed E-state index contributed by atoms with van der Waals surface area (Å²) in [6, 6.07) is 13.8. The van der Waals surface area contributed by atoms with E-state index >= 15 is 0 Å². The van der Waals surface area contributed by atoms with Crippen LogP contribution in [0.25, 0.3) is 0 Å². The predicted molar refractivity (Wildman–Crippen MR) is 125 cm³/mol. The fourth-order valence-electron chi connectivity index (χ4n) is 4.11. The third-order valence-corrected chi connectivity index (χ3v) is 6.50. The largest absolute Gasteiger partial charge is 0.494 e. The molecule has 0 atom stereocenters. The van der Waals surface area contributed by atoms with Crippen LogP contribution in [0, 0.1) is 11.3 Å². The summed E-state index contributed by atoms with van der Waals surface area (Å²) in [4.78, 5) is 1.97. The molecule has 0 amide bonds. The second kappa shape index (κ2) is 11.6. The van der Waals surface area contributed by atoms with E-state index in [2.05, 4.69) is 28.1 Å². The van der Waals surface area contributed by atoms with E-state index in [0.29, 0.717) is 24.7 Å². The first-order valence-electron chi connectivity index (χ1n) is 11.1. The van der Waals surface area contributed by atoms with E-state index in [1.165, 1.54) is 30.9 Å². The van der Waals surface area contributed by atoms with Crippen LogP contribution in [0.5, 0.6) is 5.75 Å². The van der Waals surface area contributed by atoms with Crippen molar-refractivity contribution in [3.05, 3.63) is 59.2 Å². The molecule has 1 aliphatic heterocycles. The van der Waals surface area contributed by atoms with Crippen molar-refractivity contribution in [2.24, 2.45) is 0 Å². The molecule has 0 bridgehead atoms. The SMILES string of the molecule is N#Cc1ccc(N2CCC(c3ccc(OCCCCCCBr)cc3)CC2)cc1C(F)(F)F. The fraction of sp³-hybridized carbons (Fsp3) is 0.480. The standard InChI is InChI=1S/C25H28BrF3N2O/c26-13-3-1-2-4-16-32-23-9-6-19(7-10-23)20-11-14-31(15-12-20)22-8-5-21(18-30)24(17-22)25(27,28)29/h5-10,17,20H,1-4,11-16H2. The topological polar surface area (TPSA) is 36.3 Å². The first-order valence-corrected chi connectivity index (χ1v) is 12.2. The normalized spacial score (nSPS) is 14.9. The minimum absolute atomic E-state index is 0.336. The van der Waals surface area contributed by atoms with Crippen molar-refractivity contribution in [3.63, 3.8) is 0 Å². The van der Waals surface area contributed by atoms with Crippen molar-refractivity contribution in [1.29, 1.82) is 5.26 Å². The molecule has 0 saturated carbocycles. The molecule has 2 aromatic rings. The monoisotopic (exact) mass is 508 g/mol. The number of hydrogen-bond donors (Lipinski definition) is 0. The number of benzene rings is 2. The molecule has 1 fully saturated rings. The molecule has 0 aromatic heterocycles. The Bertz CT molecular complexity index is 901. The second-order valence-corrected chi connectivity index (χ2v) is 8.91. The van der Waals surface area contributed by atoms with Gasteiger partial charge in [0.15, 0.2) is 0 Å². The van der Waals surface area contributed by atoms with E-state index in [9.17, 15) is 13.2 Å². The Morgan fingerprint density at radius 1 is 1.00 bits per heavy atom. The Labute approximate surface area is 196 Å². The van der Waals surface area contributed by atoms with Crippen molar-refractivity contribution in [3.8, 4) is 11.8 Å². The fourth-order valence-corrected chi connectivity index (χ4v) is 4.50. The van der Waals surface area contributed by atoms with Gasteiger partial charge in [-0.2, -0.15) is 18.4 Å². The third-order valence-electron chi connectivity index (χ3n) is 5.94. The third kappa shape index (κ3) is 6.65. The highest BCUT2D eigenvalue weighted by Crippen LogP contribution is 2.36. The van der Waals surface area contributed by atoms with E-state index in [1.54, 1.807) is 12.1 Å². The van der Waals surface area contributed by atoms with Gasteiger partial charge in [-0.05, 0) is 67.5 Å². The molecule has 0 N–H and O–H groups in total. The van der Waals surface area contributed by atoms with Gasteiger partial charge in [0.05, 0.1) is 23.8 Å². The van der Waals surface area contributed by atoms with E-state index < -0.39 is 11.7 Å². The summed E-state index contributed by atoms with van der Waals surface area (Å²) in [7, 11) is 0. The van der Waals surface area contributed by atoms with Gasteiger partial charge in [0.2, 0.25) is 0 Å². The van der Waals surface area contributed by atoms with Gasteiger partial charge in [-0.25, -0.2) is 0 Å². The van der Waals surface area contributed by atoms with Crippen molar-refractivity contribution in [2.75, 3.05) is 29.9 Å². The lowest BCUT2D eigenvalue weighted by Crippen LogP contribution is -2.33. The summed E-state index contributed by atoms with van der Waals surface area (Å²) in [5.41, 5.74) is 0.565. The van der Waals surface area contributed by atoms with Crippen LogP contribution < -0.4 is 9.64 Å². The summed E-state index contributed by atoms with van der Waals surface area (Å²) in [6.45, 7) is 2.09. The van der Waals surface area contributed by atoms with Crippen LogP contribution in [0.15, 0.2) is 42.5 Å². The lowest BCUT2D eigenvalue weighted by Gasteiger charge is -2.34. The first-order chi connectivity index (χ1) is 15.4. The van der Waals surface area contributed by atoms with Gasteiger partial charge in [0.25, 0.3) is 0 Å². The van der Waals surface area contributed by atoms with Crippen molar-refractivity contribution in [2.45, 2.75) is 50.6 Å². The Hall–Kier alpha value is -2.20. The molecule has 3 nitrogen and oxygen atoms in total. The lowest BCUT2D eigenvalue weighted by molar-refractivity contribution is -0.137. The average molecular weight is 509 g/mol. The summed E-state index contributed by atoms with van der Waals surface area (Å²) >= 11 is 3.44. The Morgan fingerprint density at radius 2 is 1.69 bits per heavy atom. The summed E-state index contributed by atoms with van der Waals surface area (Å²) < 4.78 is 45.6. The Balaban J connectivity index is 1.52. The number of unbranched alkanes of at least 4 members (excludes halogenated alkanes) is 3. The van der Waals surface area contributed by atoms with Crippen LogP contribution in [0.4, 0.5) is 18.9 Å². The van der Waals surface area contributed by atoms with Gasteiger partial charge in [-0.1, -0.05) is 40.9 Å². The average Bonchev–Trinajstić information content (AvgIpc) is 2.81. The van der Waals surface area contributed by atoms with E-state index in [-0.39, 0.29) is 5.56 Å². The van der Waals surface area contributed by atoms with Crippen LogP contribution >= 0.6 is 15.9 Å².